The smallest absolute Gasteiger partial charge is 0.241 e. The lowest BCUT2D eigenvalue weighted by Crippen LogP contribution is -2.42. The van der Waals surface area contributed by atoms with Crippen LogP contribution in [0.3, 0.4) is 0 Å². The SMILES string of the molecule is Cc1nc2cc(NC(=O)[C@H]3NCC[C@H]3C3CCCCC3)ccc2o1. The minimum absolute atomic E-state index is 0.0668. The van der Waals surface area contributed by atoms with Crippen molar-refractivity contribution in [3.8, 4) is 0 Å². The van der Waals surface area contributed by atoms with Crippen LogP contribution < -0.4 is 10.6 Å². The van der Waals surface area contributed by atoms with Crippen molar-refractivity contribution >= 4 is 22.7 Å². The molecule has 2 aromatic rings. The molecule has 5 nitrogen and oxygen atoms in total. The number of carbonyl (C=O) groups excluding carboxylic acids is 1. The van der Waals surface area contributed by atoms with E-state index in [-0.39, 0.29) is 11.9 Å². The first-order chi connectivity index (χ1) is 11.7. The molecule has 128 valence electrons. The molecule has 1 amide bonds. The van der Waals surface area contributed by atoms with E-state index < -0.39 is 0 Å². The van der Waals surface area contributed by atoms with Gasteiger partial charge in [-0.2, -0.15) is 0 Å². The molecule has 24 heavy (non-hydrogen) atoms. The van der Waals surface area contributed by atoms with Gasteiger partial charge in [0.05, 0.1) is 6.04 Å². The highest BCUT2D eigenvalue weighted by Crippen LogP contribution is 2.36. The number of anilines is 1. The number of fused-ring (bicyclic) bond motifs is 1. The van der Waals surface area contributed by atoms with Gasteiger partial charge in [0.15, 0.2) is 11.5 Å². The van der Waals surface area contributed by atoms with Crippen molar-refractivity contribution in [1.82, 2.24) is 10.3 Å². The van der Waals surface area contributed by atoms with E-state index in [1.165, 1.54) is 32.1 Å². The van der Waals surface area contributed by atoms with Gasteiger partial charge in [-0.3, -0.25) is 4.79 Å². The minimum Gasteiger partial charge on any atom is -0.441 e. The molecule has 2 N–H and O–H groups in total. The topological polar surface area (TPSA) is 67.2 Å². The van der Waals surface area contributed by atoms with E-state index in [0.717, 1.165) is 29.8 Å². The zero-order valence-electron chi connectivity index (χ0n) is 14.2. The lowest BCUT2D eigenvalue weighted by atomic mass is 9.76. The fourth-order valence-electron chi connectivity index (χ4n) is 4.42. The highest BCUT2D eigenvalue weighted by Gasteiger charge is 2.38. The first-order valence-corrected chi connectivity index (χ1v) is 9.12. The van der Waals surface area contributed by atoms with Crippen molar-refractivity contribution in [1.29, 1.82) is 0 Å². The van der Waals surface area contributed by atoms with Crippen LogP contribution in [-0.2, 0) is 4.79 Å². The van der Waals surface area contributed by atoms with Crippen molar-refractivity contribution in [2.24, 2.45) is 11.8 Å². The van der Waals surface area contributed by atoms with E-state index in [1.807, 2.05) is 25.1 Å². The van der Waals surface area contributed by atoms with Crippen LogP contribution in [0, 0.1) is 18.8 Å². The maximum atomic E-state index is 12.8. The van der Waals surface area contributed by atoms with Gasteiger partial charge in [-0.1, -0.05) is 32.1 Å². The normalized spacial score (nSPS) is 25.2. The van der Waals surface area contributed by atoms with Crippen LogP contribution >= 0.6 is 0 Å². The standard InChI is InChI=1S/C19H25N3O2/c1-12-21-16-11-14(7-8-17(16)24-12)22-19(23)18-15(9-10-20-18)13-5-3-2-4-6-13/h7-8,11,13,15,18,20H,2-6,9-10H2,1H3,(H,22,23)/t15-,18-/m0/s1. The maximum absolute atomic E-state index is 12.8. The Bertz CT molecular complexity index is 733. The number of nitrogens with one attached hydrogen (secondary N) is 2. The maximum Gasteiger partial charge on any atom is 0.241 e. The van der Waals surface area contributed by atoms with Crippen molar-refractivity contribution in [3.05, 3.63) is 24.1 Å². The minimum atomic E-state index is -0.0668. The van der Waals surface area contributed by atoms with Gasteiger partial charge >= 0.3 is 0 Å². The number of rotatable bonds is 3. The second-order valence-electron chi connectivity index (χ2n) is 7.19. The Morgan fingerprint density at radius 1 is 1.25 bits per heavy atom. The van der Waals surface area contributed by atoms with Gasteiger partial charge in [-0.05, 0) is 43.0 Å². The molecule has 1 aliphatic heterocycles. The third kappa shape index (κ3) is 3.05. The molecular formula is C19H25N3O2. The van der Waals surface area contributed by atoms with Crippen molar-refractivity contribution in [2.45, 2.75) is 51.5 Å². The highest BCUT2D eigenvalue weighted by molar-refractivity contribution is 5.96. The summed E-state index contributed by atoms with van der Waals surface area (Å²) < 4.78 is 5.49. The number of hydrogen-bond acceptors (Lipinski definition) is 4. The van der Waals surface area contributed by atoms with Gasteiger partial charge < -0.3 is 15.1 Å². The summed E-state index contributed by atoms with van der Waals surface area (Å²) in [6.45, 7) is 2.77. The van der Waals surface area contributed by atoms with E-state index in [1.54, 1.807) is 0 Å². The van der Waals surface area contributed by atoms with Gasteiger partial charge in [-0.25, -0.2) is 4.98 Å². The predicted molar refractivity (Wildman–Crippen MR) is 93.8 cm³/mol. The first-order valence-electron chi connectivity index (χ1n) is 9.12. The number of amides is 1. The Hall–Kier alpha value is -1.88. The molecule has 0 bridgehead atoms. The molecule has 2 heterocycles. The summed E-state index contributed by atoms with van der Waals surface area (Å²) in [5.74, 6) is 1.90. The van der Waals surface area contributed by atoms with Crippen LogP contribution in [0.4, 0.5) is 5.69 Å². The van der Waals surface area contributed by atoms with Crippen LogP contribution in [0.2, 0.25) is 0 Å². The van der Waals surface area contributed by atoms with Crippen molar-refractivity contribution in [3.63, 3.8) is 0 Å². The van der Waals surface area contributed by atoms with Gasteiger partial charge in [-0.15, -0.1) is 0 Å². The summed E-state index contributed by atoms with van der Waals surface area (Å²) in [5, 5.41) is 6.49. The first kappa shape index (κ1) is 15.6. The van der Waals surface area contributed by atoms with E-state index in [2.05, 4.69) is 15.6 Å². The Balaban J connectivity index is 1.47. The van der Waals surface area contributed by atoms with Gasteiger partial charge in [0.25, 0.3) is 0 Å². The molecule has 0 radical (unpaired) electrons. The summed E-state index contributed by atoms with van der Waals surface area (Å²) in [6.07, 6.45) is 7.66. The van der Waals surface area contributed by atoms with Crippen LogP contribution in [-0.4, -0.2) is 23.5 Å². The molecule has 2 atom stereocenters. The van der Waals surface area contributed by atoms with E-state index >= 15 is 0 Å². The van der Waals surface area contributed by atoms with Crippen LogP contribution in [0.5, 0.6) is 0 Å². The highest BCUT2D eigenvalue weighted by atomic mass is 16.3. The third-order valence-corrected chi connectivity index (χ3v) is 5.57. The zero-order chi connectivity index (χ0) is 16.5. The number of hydrogen-bond donors (Lipinski definition) is 2. The number of nitrogens with zero attached hydrogens (tertiary/aromatic N) is 1. The van der Waals surface area contributed by atoms with Gasteiger partial charge in [0.2, 0.25) is 5.91 Å². The van der Waals surface area contributed by atoms with E-state index in [9.17, 15) is 4.79 Å². The lowest BCUT2D eigenvalue weighted by molar-refractivity contribution is -0.119. The molecule has 0 unspecified atom stereocenters. The van der Waals surface area contributed by atoms with Crippen LogP contribution in [0.25, 0.3) is 11.1 Å². The molecule has 2 fully saturated rings. The molecule has 5 heteroatoms. The second-order valence-corrected chi connectivity index (χ2v) is 7.19. The molecule has 1 aromatic heterocycles. The van der Waals surface area contributed by atoms with Crippen molar-refractivity contribution in [2.75, 3.05) is 11.9 Å². The summed E-state index contributed by atoms with van der Waals surface area (Å²) >= 11 is 0. The largest absolute Gasteiger partial charge is 0.441 e. The zero-order valence-corrected chi connectivity index (χ0v) is 14.2. The van der Waals surface area contributed by atoms with E-state index in [0.29, 0.717) is 17.7 Å². The van der Waals surface area contributed by atoms with Gasteiger partial charge in [0.1, 0.15) is 5.52 Å². The molecule has 1 saturated carbocycles. The number of aromatic nitrogens is 1. The summed E-state index contributed by atoms with van der Waals surface area (Å²) in [6, 6.07) is 5.57. The number of benzene rings is 1. The molecular weight excluding hydrogens is 302 g/mol. The van der Waals surface area contributed by atoms with E-state index in [4.69, 9.17) is 4.42 Å². The second kappa shape index (κ2) is 6.55. The summed E-state index contributed by atoms with van der Waals surface area (Å²) in [5.41, 5.74) is 2.33. The number of aryl methyl sites for hydroxylation is 1. The Kier molecular flexibility index (Phi) is 4.27. The van der Waals surface area contributed by atoms with Gasteiger partial charge in [0, 0.05) is 12.6 Å². The van der Waals surface area contributed by atoms with Crippen LogP contribution in [0.1, 0.15) is 44.4 Å². The van der Waals surface area contributed by atoms with Crippen LogP contribution in [0.15, 0.2) is 22.6 Å². The Morgan fingerprint density at radius 2 is 2.08 bits per heavy atom. The molecule has 2 aliphatic rings. The number of oxazole rings is 1. The molecule has 0 spiro atoms. The monoisotopic (exact) mass is 327 g/mol. The van der Waals surface area contributed by atoms with Crippen molar-refractivity contribution < 1.29 is 9.21 Å². The average Bonchev–Trinajstić information content (AvgIpc) is 3.21. The molecule has 1 saturated heterocycles. The summed E-state index contributed by atoms with van der Waals surface area (Å²) in [7, 11) is 0. The molecule has 1 aliphatic carbocycles. The summed E-state index contributed by atoms with van der Waals surface area (Å²) in [4.78, 5) is 17.1. The Morgan fingerprint density at radius 3 is 2.92 bits per heavy atom. The fraction of sp³-hybridized carbons (Fsp3) is 0.579. The predicted octanol–water partition coefficient (Wildman–Crippen LogP) is 3.63. The fourth-order valence-corrected chi connectivity index (χ4v) is 4.42. The third-order valence-electron chi connectivity index (χ3n) is 5.57. The quantitative estimate of drug-likeness (QED) is 0.903. The molecule has 1 aromatic carbocycles. The molecule has 4 rings (SSSR count). The Labute approximate surface area is 142 Å². The lowest BCUT2D eigenvalue weighted by Gasteiger charge is -2.30. The average molecular weight is 327 g/mol. The number of carbonyl (C=O) groups is 1.